The summed E-state index contributed by atoms with van der Waals surface area (Å²) < 4.78 is 2.08. The van der Waals surface area contributed by atoms with Gasteiger partial charge in [0.25, 0.3) is 0 Å². The molecule has 3 aromatic heterocycles. The first kappa shape index (κ1) is 15.8. The summed E-state index contributed by atoms with van der Waals surface area (Å²) in [5.41, 5.74) is 3.26. The van der Waals surface area contributed by atoms with Crippen molar-refractivity contribution in [3.8, 4) is 15.4 Å². The number of carboxylic acids is 1. The number of aryl methyl sites for hydroxylation is 1. The van der Waals surface area contributed by atoms with E-state index in [1.807, 2.05) is 25.3 Å². The number of fused-ring (bicyclic) bond motifs is 3. The van der Waals surface area contributed by atoms with E-state index in [9.17, 15) is 9.90 Å². The van der Waals surface area contributed by atoms with Gasteiger partial charge in [0.2, 0.25) is 0 Å². The summed E-state index contributed by atoms with van der Waals surface area (Å²) in [6.07, 6.45) is 3.77. The van der Waals surface area contributed by atoms with Crippen molar-refractivity contribution in [2.75, 3.05) is 0 Å². The molecule has 132 valence electrons. The Hall–Kier alpha value is -3.38. The molecule has 0 atom stereocenters. The van der Waals surface area contributed by atoms with E-state index >= 15 is 0 Å². The predicted molar refractivity (Wildman–Crippen MR) is 108 cm³/mol. The van der Waals surface area contributed by atoms with Crippen LogP contribution >= 0.6 is 11.3 Å². The van der Waals surface area contributed by atoms with E-state index in [0.29, 0.717) is 0 Å². The maximum absolute atomic E-state index is 11.2. The normalized spacial score (nSPS) is 11.4. The summed E-state index contributed by atoms with van der Waals surface area (Å²) in [6, 6.07) is 15.7. The third-order valence-electron chi connectivity index (χ3n) is 4.79. The second-order valence-electron chi connectivity index (χ2n) is 6.43. The minimum atomic E-state index is -0.919. The van der Waals surface area contributed by atoms with Gasteiger partial charge in [0.1, 0.15) is 10.8 Å². The number of aromatic amines is 1. The van der Waals surface area contributed by atoms with Gasteiger partial charge < -0.3 is 10.1 Å². The average molecular weight is 373 g/mol. The van der Waals surface area contributed by atoms with Gasteiger partial charge in [0, 0.05) is 39.1 Å². The maximum Gasteiger partial charge on any atom is 0.335 e. The van der Waals surface area contributed by atoms with E-state index in [2.05, 4.69) is 38.8 Å². The monoisotopic (exact) mass is 373 g/mol. The highest BCUT2D eigenvalue weighted by Crippen LogP contribution is 2.35. The number of imidazole rings is 1. The second-order valence-corrected chi connectivity index (χ2v) is 7.50. The number of rotatable bonds is 3. The number of carbonyl (C=O) groups is 1. The molecule has 5 rings (SSSR count). The summed E-state index contributed by atoms with van der Waals surface area (Å²) in [5, 5.41) is 12.4. The van der Waals surface area contributed by atoms with Crippen molar-refractivity contribution in [1.29, 1.82) is 0 Å². The summed E-state index contributed by atoms with van der Waals surface area (Å²) in [5.74, 6) is 0.0434. The molecule has 0 aliphatic carbocycles. The summed E-state index contributed by atoms with van der Waals surface area (Å²) in [7, 11) is 0. The van der Waals surface area contributed by atoms with Crippen molar-refractivity contribution >= 4 is 39.1 Å². The smallest absolute Gasteiger partial charge is 0.335 e. The molecule has 2 N–H and O–H groups in total. The molecule has 27 heavy (non-hydrogen) atoms. The first-order valence-corrected chi connectivity index (χ1v) is 9.31. The molecule has 0 aliphatic heterocycles. The van der Waals surface area contributed by atoms with Crippen molar-refractivity contribution in [3.63, 3.8) is 0 Å². The molecule has 0 aliphatic rings. The Morgan fingerprint density at radius 2 is 1.96 bits per heavy atom. The minimum Gasteiger partial charge on any atom is -0.478 e. The van der Waals surface area contributed by atoms with Gasteiger partial charge in [-0.05, 0) is 48.9 Å². The van der Waals surface area contributed by atoms with Crippen LogP contribution in [0.3, 0.4) is 0 Å². The van der Waals surface area contributed by atoms with Crippen LogP contribution in [0.2, 0.25) is 0 Å². The van der Waals surface area contributed by atoms with E-state index in [4.69, 9.17) is 0 Å². The molecule has 0 saturated heterocycles. The number of H-pyrrole nitrogens is 1. The molecular formula is C21H15N3O2S. The van der Waals surface area contributed by atoms with Gasteiger partial charge in [-0.2, -0.15) is 0 Å². The van der Waals surface area contributed by atoms with Crippen molar-refractivity contribution in [1.82, 2.24) is 14.5 Å². The van der Waals surface area contributed by atoms with Gasteiger partial charge >= 0.3 is 5.97 Å². The van der Waals surface area contributed by atoms with Gasteiger partial charge in [-0.15, -0.1) is 11.3 Å². The van der Waals surface area contributed by atoms with E-state index < -0.39 is 5.97 Å². The lowest BCUT2D eigenvalue weighted by atomic mass is 10.1. The highest BCUT2D eigenvalue weighted by molar-refractivity contribution is 7.17. The highest BCUT2D eigenvalue weighted by atomic mass is 32.1. The topological polar surface area (TPSA) is 70.9 Å². The minimum absolute atomic E-state index is 0.285. The SMILES string of the molecule is Cc1nccn1-c1ccc(-c2ccc3[nH]c4cc(C(=O)O)ccc4c3c2)s1. The number of benzene rings is 2. The number of thiophene rings is 1. The van der Waals surface area contributed by atoms with Crippen molar-refractivity contribution in [3.05, 3.63) is 72.3 Å². The Kier molecular flexibility index (Phi) is 3.42. The molecule has 0 bridgehead atoms. The first-order valence-electron chi connectivity index (χ1n) is 8.49. The predicted octanol–water partition coefficient (Wildman–Crippen LogP) is 5.24. The number of hydrogen-bond acceptors (Lipinski definition) is 3. The number of nitrogens with zero attached hydrogens (tertiary/aromatic N) is 2. The number of aromatic nitrogens is 3. The molecule has 0 saturated carbocycles. The summed E-state index contributed by atoms with van der Waals surface area (Å²) >= 11 is 1.72. The lowest BCUT2D eigenvalue weighted by Crippen LogP contribution is -1.94. The first-order chi connectivity index (χ1) is 13.1. The van der Waals surface area contributed by atoms with Gasteiger partial charge in [-0.3, -0.25) is 4.57 Å². The fraction of sp³-hybridized carbons (Fsp3) is 0.0476. The molecular weight excluding hydrogens is 358 g/mol. The average Bonchev–Trinajstić information content (AvgIpc) is 3.37. The molecule has 5 aromatic rings. The Balaban J connectivity index is 1.62. The van der Waals surface area contributed by atoms with Gasteiger partial charge in [0.15, 0.2) is 0 Å². The Morgan fingerprint density at radius 3 is 2.74 bits per heavy atom. The maximum atomic E-state index is 11.2. The largest absolute Gasteiger partial charge is 0.478 e. The van der Waals surface area contributed by atoms with Crippen LogP contribution in [-0.2, 0) is 0 Å². The van der Waals surface area contributed by atoms with Crippen molar-refractivity contribution in [2.45, 2.75) is 6.92 Å². The van der Waals surface area contributed by atoms with E-state index in [0.717, 1.165) is 38.2 Å². The molecule has 0 radical (unpaired) electrons. The van der Waals surface area contributed by atoms with Crippen LogP contribution in [0.1, 0.15) is 16.2 Å². The Morgan fingerprint density at radius 1 is 1.07 bits per heavy atom. The van der Waals surface area contributed by atoms with E-state index in [-0.39, 0.29) is 5.56 Å². The molecule has 2 aromatic carbocycles. The van der Waals surface area contributed by atoms with Crippen LogP contribution < -0.4 is 0 Å². The lowest BCUT2D eigenvalue weighted by Gasteiger charge is -2.01. The van der Waals surface area contributed by atoms with Gasteiger partial charge in [-0.1, -0.05) is 12.1 Å². The zero-order chi connectivity index (χ0) is 18.5. The molecule has 0 spiro atoms. The third kappa shape index (κ3) is 2.53. The number of nitrogens with one attached hydrogen (secondary N) is 1. The Bertz CT molecular complexity index is 1330. The molecule has 0 unspecified atom stereocenters. The number of aromatic carboxylic acids is 1. The fourth-order valence-electron chi connectivity index (χ4n) is 3.41. The van der Waals surface area contributed by atoms with Crippen LogP contribution in [-0.4, -0.2) is 25.6 Å². The van der Waals surface area contributed by atoms with Crippen molar-refractivity contribution < 1.29 is 9.90 Å². The van der Waals surface area contributed by atoms with Gasteiger partial charge in [-0.25, -0.2) is 9.78 Å². The number of carboxylic acid groups (broad SMARTS) is 1. The van der Waals surface area contributed by atoms with Crippen LogP contribution in [0.15, 0.2) is 60.9 Å². The quantitative estimate of drug-likeness (QED) is 0.454. The van der Waals surface area contributed by atoms with E-state index in [1.165, 1.54) is 4.88 Å². The summed E-state index contributed by atoms with van der Waals surface area (Å²) in [6.45, 7) is 1.99. The molecule has 5 nitrogen and oxygen atoms in total. The number of hydrogen-bond donors (Lipinski definition) is 2. The molecule has 3 heterocycles. The van der Waals surface area contributed by atoms with Crippen LogP contribution in [0.4, 0.5) is 0 Å². The van der Waals surface area contributed by atoms with Crippen LogP contribution in [0.5, 0.6) is 0 Å². The zero-order valence-corrected chi connectivity index (χ0v) is 15.2. The third-order valence-corrected chi connectivity index (χ3v) is 5.92. The standard InChI is InChI=1S/C21H15N3O2S/c1-12-22-8-9-24(12)20-7-6-19(27-20)13-3-5-17-16(10-13)15-4-2-14(21(25)26)11-18(15)23-17/h2-11,23H,1H3,(H,25,26). The highest BCUT2D eigenvalue weighted by Gasteiger charge is 2.11. The molecule has 6 heteroatoms. The van der Waals surface area contributed by atoms with Crippen LogP contribution in [0, 0.1) is 6.92 Å². The second kappa shape index (κ2) is 5.82. The molecule has 0 amide bonds. The molecule has 0 fully saturated rings. The van der Waals surface area contributed by atoms with Gasteiger partial charge in [0.05, 0.1) is 5.56 Å². The van der Waals surface area contributed by atoms with Crippen molar-refractivity contribution in [2.24, 2.45) is 0 Å². The van der Waals surface area contributed by atoms with Crippen LogP contribution in [0.25, 0.3) is 37.2 Å². The zero-order valence-electron chi connectivity index (χ0n) is 14.4. The van der Waals surface area contributed by atoms with E-state index in [1.54, 1.807) is 29.7 Å². The summed E-state index contributed by atoms with van der Waals surface area (Å²) in [4.78, 5) is 20.0. The fourth-order valence-corrected chi connectivity index (χ4v) is 4.45. The lowest BCUT2D eigenvalue weighted by molar-refractivity contribution is 0.0697. The Labute approximate surface area is 158 Å².